The molecule has 7 nitrogen and oxygen atoms in total. The zero-order valence-corrected chi connectivity index (χ0v) is 18.6. The zero-order chi connectivity index (χ0) is 22.4. The maximum absolute atomic E-state index is 13.4. The molecule has 32 heavy (non-hydrogen) atoms. The number of hydrogen-bond donors (Lipinski definition) is 1. The first-order valence-corrected chi connectivity index (χ1v) is 11.5. The molecule has 5 rings (SSSR count). The molecule has 2 aliphatic rings. The predicted molar refractivity (Wildman–Crippen MR) is 118 cm³/mol. The molecule has 1 fully saturated rings. The summed E-state index contributed by atoms with van der Waals surface area (Å²) in [5.41, 5.74) is 2.89. The van der Waals surface area contributed by atoms with Crippen molar-refractivity contribution in [2.75, 3.05) is 19.6 Å². The largest absolute Gasteiger partial charge is 0.385 e. The smallest absolute Gasteiger partial charge is 0.257 e. The Morgan fingerprint density at radius 1 is 1.22 bits per heavy atom. The molecule has 4 heterocycles. The molecule has 0 amide bonds. The molecule has 1 aromatic carbocycles. The number of halogens is 1. The summed E-state index contributed by atoms with van der Waals surface area (Å²) in [7, 11) is 0. The molecule has 2 aliphatic heterocycles. The SMILES string of the molecule is Cc1nc2n(c(=O)c1CCN1CCC(c3noc4cc(F)ccc34)CC1)CCC(C)C2O. The molecular weight excluding hydrogens is 411 g/mol. The Hall–Kier alpha value is -2.58. The summed E-state index contributed by atoms with van der Waals surface area (Å²) in [6, 6.07) is 4.58. The van der Waals surface area contributed by atoms with Gasteiger partial charge in [-0.15, -0.1) is 0 Å². The average molecular weight is 441 g/mol. The van der Waals surface area contributed by atoms with E-state index in [1.54, 1.807) is 10.6 Å². The van der Waals surface area contributed by atoms with Gasteiger partial charge in [0.05, 0.1) is 5.69 Å². The normalized spacial score (nSPS) is 22.4. The summed E-state index contributed by atoms with van der Waals surface area (Å²) in [5.74, 6) is 0.603. The number of hydrogen-bond acceptors (Lipinski definition) is 6. The summed E-state index contributed by atoms with van der Waals surface area (Å²) in [6.07, 6.45) is 2.66. The monoisotopic (exact) mass is 440 g/mol. The predicted octanol–water partition coefficient (Wildman–Crippen LogP) is 3.33. The van der Waals surface area contributed by atoms with E-state index < -0.39 is 6.10 Å². The Labute approximate surface area is 185 Å². The molecule has 0 bridgehead atoms. The Morgan fingerprint density at radius 2 is 2.00 bits per heavy atom. The third kappa shape index (κ3) is 3.75. The van der Waals surface area contributed by atoms with Crippen LogP contribution in [0.25, 0.3) is 11.0 Å². The molecule has 0 spiro atoms. The fourth-order valence-electron chi connectivity index (χ4n) is 5.12. The first kappa shape index (κ1) is 21.3. The van der Waals surface area contributed by atoms with Crippen LogP contribution in [0.4, 0.5) is 4.39 Å². The third-order valence-electron chi connectivity index (χ3n) is 7.22. The maximum atomic E-state index is 13.4. The van der Waals surface area contributed by atoms with Crippen LogP contribution in [-0.2, 0) is 13.0 Å². The number of nitrogens with zero attached hydrogens (tertiary/aromatic N) is 4. The minimum atomic E-state index is -0.674. The van der Waals surface area contributed by atoms with E-state index >= 15 is 0 Å². The van der Waals surface area contributed by atoms with Crippen molar-refractivity contribution < 1.29 is 14.0 Å². The molecule has 0 saturated carbocycles. The van der Waals surface area contributed by atoms with E-state index in [2.05, 4.69) is 15.0 Å². The van der Waals surface area contributed by atoms with Gasteiger partial charge in [0.25, 0.3) is 5.56 Å². The number of aryl methyl sites for hydroxylation is 1. The average Bonchev–Trinajstić information content (AvgIpc) is 3.20. The van der Waals surface area contributed by atoms with E-state index in [1.165, 1.54) is 12.1 Å². The highest BCUT2D eigenvalue weighted by Crippen LogP contribution is 2.33. The Balaban J connectivity index is 1.24. The highest BCUT2D eigenvalue weighted by atomic mass is 19.1. The van der Waals surface area contributed by atoms with Crippen LogP contribution in [-0.4, -0.2) is 44.3 Å². The van der Waals surface area contributed by atoms with Gasteiger partial charge in [-0.1, -0.05) is 12.1 Å². The molecule has 2 atom stereocenters. The fraction of sp³-hybridized carbons (Fsp3) is 0.542. The van der Waals surface area contributed by atoms with Crippen LogP contribution < -0.4 is 5.56 Å². The van der Waals surface area contributed by atoms with E-state index in [9.17, 15) is 14.3 Å². The number of piperidine rings is 1. The van der Waals surface area contributed by atoms with Crippen molar-refractivity contribution in [3.05, 3.63) is 57.1 Å². The van der Waals surface area contributed by atoms with E-state index in [1.807, 2.05) is 13.8 Å². The lowest BCUT2D eigenvalue weighted by molar-refractivity contribution is 0.0777. The molecule has 1 saturated heterocycles. The second-order valence-corrected chi connectivity index (χ2v) is 9.28. The van der Waals surface area contributed by atoms with Crippen LogP contribution in [0.5, 0.6) is 0 Å². The minimum absolute atomic E-state index is 0.00497. The molecule has 3 aromatic rings. The second kappa shape index (κ2) is 8.41. The van der Waals surface area contributed by atoms with Crippen molar-refractivity contribution in [2.24, 2.45) is 5.92 Å². The van der Waals surface area contributed by atoms with Crippen LogP contribution in [0.15, 0.2) is 27.5 Å². The van der Waals surface area contributed by atoms with E-state index in [0.29, 0.717) is 30.3 Å². The van der Waals surface area contributed by atoms with Gasteiger partial charge in [-0.05, 0) is 63.7 Å². The summed E-state index contributed by atoms with van der Waals surface area (Å²) in [4.78, 5) is 20.0. The van der Waals surface area contributed by atoms with Crippen molar-refractivity contribution in [1.82, 2.24) is 19.6 Å². The number of likely N-dealkylation sites (tertiary alicyclic amines) is 1. The molecule has 0 radical (unpaired) electrons. The quantitative estimate of drug-likeness (QED) is 0.670. The number of aromatic nitrogens is 3. The van der Waals surface area contributed by atoms with Gasteiger partial charge in [0.15, 0.2) is 5.58 Å². The van der Waals surface area contributed by atoms with Crippen LogP contribution in [0, 0.1) is 18.7 Å². The molecule has 1 N–H and O–H groups in total. The van der Waals surface area contributed by atoms with Gasteiger partial charge in [-0.2, -0.15) is 0 Å². The molecule has 8 heteroatoms. The van der Waals surface area contributed by atoms with Gasteiger partial charge < -0.3 is 14.5 Å². The van der Waals surface area contributed by atoms with E-state index in [0.717, 1.165) is 61.2 Å². The summed E-state index contributed by atoms with van der Waals surface area (Å²) in [5, 5.41) is 15.5. The van der Waals surface area contributed by atoms with Gasteiger partial charge in [0, 0.05) is 41.7 Å². The summed E-state index contributed by atoms with van der Waals surface area (Å²) < 4.78 is 20.4. The Morgan fingerprint density at radius 3 is 2.78 bits per heavy atom. The van der Waals surface area contributed by atoms with Crippen molar-refractivity contribution in [3.63, 3.8) is 0 Å². The van der Waals surface area contributed by atoms with E-state index in [4.69, 9.17) is 4.52 Å². The summed E-state index contributed by atoms with van der Waals surface area (Å²) >= 11 is 0. The first-order chi connectivity index (χ1) is 15.4. The lowest BCUT2D eigenvalue weighted by atomic mass is 9.91. The number of benzene rings is 1. The highest BCUT2D eigenvalue weighted by molar-refractivity contribution is 5.79. The molecule has 170 valence electrons. The van der Waals surface area contributed by atoms with Crippen molar-refractivity contribution >= 4 is 11.0 Å². The number of rotatable bonds is 4. The Bertz CT molecular complexity index is 1200. The van der Waals surface area contributed by atoms with Gasteiger partial charge in [-0.25, -0.2) is 9.37 Å². The Kier molecular flexibility index (Phi) is 5.59. The lowest BCUT2D eigenvalue weighted by Crippen LogP contribution is -2.38. The standard InChI is InChI=1S/C24H29FN4O3/c1-14-5-12-29-23(22(14)30)26-15(2)18(24(29)31)8-11-28-9-6-16(7-10-28)21-19-4-3-17(25)13-20(19)32-27-21/h3-4,13-14,16,22,30H,5-12H2,1-2H3. The minimum Gasteiger partial charge on any atom is -0.385 e. The fourth-order valence-corrected chi connectivity index (χ4v) is 5.12. The maximum Gasteiger partial charge on any atom is 0.257 e. The van der Waals surface area contributed by atoms with Crippen molar-refractivity contribution in [3.8, 4) is 0 Å². The van der Waals surface area contributed by atoms with E-state index in [-0.39, 0.29) is 17.3 Å². The van der Waals surface area contributed by atoms with Gasteiger partial charge in [0.1, 0.15) is 17.7 Å². The van der Waals surface area contributed by atoms with Crippen LogP contribution in [0.2, 0.25) is 0 Å². The van der Waals surface area contributed by atoms with Crippen molar-refractivity contribution in [1.29, 1.82) is 0 Å². The molecular formula is C24H29FN4O3. The van der Waals surface area contributed by atoms with Crippen LogP contribution in [0.3, 0.4) is 0 Å². The number of aliphatic hydroxyl groups excluding tert-OH is 1. The topological polar surface area (TPSA) is 84.4 Å². The van der Waals surface area contributed by atoms with Crippen LogP contribution in [0.1, 0.15) is 61.0 Å². The lowest BCUT2D eigenvalue weighted by Gasteiger charge is -2.31. The van der Waals surface area contributed by atoms with Gasteiger partial charge in [-0.3, -0.25) is 9.36 Å². The first-order valence-electron chi connectivity index (χ1n) is 11.5. The van der Waals surface area contributed by atoms with Crippen molar-refractivity contribution in [2.45, 2.75) is 58.1 Å². The molecule has 2 aromatic heterocycles. The molecule has 2 unspecified atom stereocenters. The number of fused-ring (bicyclic) bond motifs is 2. The van der Waals surface area contributed by atoms with Crippen LogP contribution >= 0.6 is 0 Å². The third-order valence-corrected chi connectivity index (χ3v) is 7.22. The summed E-state index contributed by atoms with van der Waals surface area (Å²) in [6.45, 7) is 7.10. The second-order valence-electron chi connectivity index (χ2n) is 9.28. The van der Waals surface area contributed by atoms with Gasteiger partial charge in [0.2, 0.25) is 0 Å². The molecule has 0 aliphatic carbocycles. The number of aliphatic hydroxyl groups is 1. The zero-order valence-electron chi connectivity index (χ0n) is 18.6. The highest BCUT2D eigenvalue weighted by Gasteiger charge is 2.29. The van der Waals surface area contributed by atoms with Gasteiger partial charge >= 0.3 is 0 Å².